The predicted octanol–water partition coefficient (Wildman–Crippen LogP) is 3.96. The second-order valence-corrected chi connectivity index (χ2v) is 6.39. The van der Waals surface area contributed by atoms with Gasteiger partial charge in [-0.15, -0.1) is 0 Å². The van der Waals surface area contributed by atoms with E-state index in [2.05, 4.69) is 20.3 Å². The molecule has 3 rings (SSSR count). The first-order chi connectivity index (χ1) is 13.3. The molecule has 0 radical (unpaired) electrons. The van der Waals surface area contributed by atoms with Gasteiger partial charge in [-0.2, -0.15) is 13.2 Å². The molecule has 0 aliphatic heterocycles. The van der Waals surface area contributed by atoms with Gasteiger partial charge in [-0.1, -0.05) is 30.3 Å². The molecule has 0 saturated heterocycles. The molecule has 2 N–H and O–H groups in total. The van der Waals surface area contributed by atoms with Crippen LogP contribution in [-0.4, -0.2) is 32.2 Å². The first-order valence-electron chi connectivity index (χ1n) is 8.68. The van der Waals surface area contributed by atoms with Gasteiger partial charge in [-0.25, -0.2) is 9.97 Å². The van der Waals surface area contributed by atoms with Crippen LogP contribution in [0, 0.1) is 0 Å². The average Bonchev–Trinajstić information content (AvgIpc) is 2.68. The summed E-state index contributed by atoms with van der Waals surface area (Å²) in [6.07, 6.45) is -2.16. The summed E-state index contributed by atoms with van der Waals surface area (Å²) in [6.45, 7) is 1.69. The maximum absolute atomic E-state index is 13.3. The number of aliphatic hydroxyl groups excluding tert-OH is 1. The fraction of sp³-hybridized carbons (Fsp3) is 0.250. The summed E-state index contributed by atoms with van der Waals surface area (Å²) in [4.78, 5) is 11.7. The second-order valence-electron chi connectivity index (χ2n) is 6.39. The highest BCUT2D eigenvalue weighted by Crippen LogP contribution is 2.31. The fourth-order valence-corrected chi connectivity index (χ4v) is 2.65. The summed E-state index contributed by atoms with van der Waals surface area (Å²) in [7, 11) is 0. The van der Waals surface area contributed by atoms with E-state index in [-0.39, 0.29) is 11.6 Å². The number of rotatable bonds is 6. The van der Waals surface area contributed by atoms with Gasteiger partial charge in [0.2, 0.25) is 0 Å². The Labute approximate surface area is 160 Å². The van der Waals surface area contributed by atoms with Crippen molar-refractivity contribution in [1.29, 1.82) is 0 Å². The van der Waals surface area contributed by atoms with Crippen molar-refractivity contribution in [2.45, 2.75) is 31.7 Å². The van der Waals surface area contributed by atoms with Crippen molar-refractivity contribution in [1.82, 2.24) is 15.0 Å². The molecule has 1 aromatic carbocycles. The lowest BCUT2D eigenvalue weighted by Crippen LogP contribution is -2.33. The van der Waals surface area contributed by atoms with E-state index in [4.69, 9.17) is 0 Å². The van der Waals surface area contributed by atoms with Gasteiger partial charge < -0.3 is 10.4 Å². The van der Waals surface area contributed by atoms with Crippen LogP contribution in [0.5, 0.6) is 0 Å². The lowest BCUT2D eigenvalue weighted by molar-refractivity contribution is -0.141. The van der Waals surface area contributed by atoms with E-state index in [0.29, 0.717) is 12.0 Å². The summed E-state index contributed by atoms with van der Waals surface area (Å²) in [6, 6.07) is 12.8. The Morgan fingerprint density at radius 2 is 1.82 bits per heavy atom. The van der Waals surface area contributed by atoms with E-state index in [9.17, 15) is 18.3 Å². The van der Waals surface area contributed by atoms with E-state index in [1.54, 1.807) is 19.1 Å². The second kappa shape index (κ2) is 8.35. The van der Waals surface area contributed by atoms with Gasteiger partial charge in [-0.3, -0.25) is 4.98 Å². The Kier molecular flexibility index (Phi) is 5.89. The minimum absolute atomic E-state index is 0.0132. The number of pyridine rings is 1. The monoisotopic (exact) mass is 388 g/mol. The molecule has 0 fully saturated rings. The summed E-state index contributed by atoms with van der Waals surface area (Å²) < 4.78 is 39.8. The zero-order valence-corrected chi connectivity index (χ0v) is 15.1. The molecule has 28 heavy (non-hydrogen) atoms. The van der Waals surface area contributed by atoms with Crippen LogP contribution in [0.25, 0.3) is 11.4 Å². The van der Waals surface area contributed by atoms with Crippen LogP contribution in [-0.2, 0) is 12.6 Å². The number of alkyl halides is 3. The summed E-state index contributed by atoms with van der Waals surface area (Å²) in [5, 5.41) is 13.3. The Hall–Kier alpha value is -3.00. The Morgan fingerprint density at radius 1 is 1.07 bits per heavy atom. The van der Waals surface area contributed by atoms with Crippen molar-refractivity contribution < 1.29 is 18.3 Å². The molecule has 0 amide bonds. The molecule has 0 aliphatic carbocycles. The van der Waals surface area contributed by atoms with Crippen molar-refractivity contribution in [3.63, 3.8) is 0 Å². The van der Waals surface area contributed by atoms with Crippen molar-refractivity contribution in [2.24, 2.45) is 0 Å². The maximum atomic E-state index is 13.3. The first-order valence-corrected chi connectivity index (χ1v) is 8.68. The minimum Gasteiger partial charge on any atom is -0.391 e. The van der Waals surface area contributed by atoms with E-state index in [1.807, 2.05) is 30.3 Å². The summed E-state index contributed by atoms with van der Waals surface area (Å²) in [5.74, 6) is -0.101. The van der Waals surface area contributed by atoms with Crippen LogP contribution in [0.4, 0.5) is 19.0 Å². The standard InChI is InChI=1S/C20H19F3N4O/c1-13(16(28)10-14-6-3-2-4-7-14)25-18-11-17(20(21,22)23)26-19(27-18)15-8-5-9-24-12-15/h2-9,11-13,16,28H,10H2,1H3,(H,25,26,27). The van der Waals surface area contributed by atoms with Crippen molar-refractivity contribution >= 4 is 5.82 Å². The summed E-state index contributed by atoms with van der Waals surface area (Å²) >= 11 is 0. The molecule has 2 aromatic heterocycles. The summed E-state index contributed by atoms with van der Waals surface area (Å²) in [5.41, 5.74) is 0.237. The maximum Gasteiger partial charge on any atom is 0.433 e. The highest BCUT2D eigenvalue weighted by atomic mass is 19.4. The van der Waals surface area contributed by atoms with Crippen LogP contribution in [0.15, 0.2) is 60.9 Å². The molecule has 2 heterocycles. The first kappa shape index (κ1) is 19.8. The van der Waals surface area contributed by atoms with Crippen LogP contribution in [0.2, 0.25) is 0 Å². The third kappa shape index (κ3) is 5.04. The topological polar surface area (TPSA) is 70.9 Å². The third-order valence-electron chi connectivity index (χ3n) is 4.18. The van der Waals surface area contributed by atoms with Gasteiger partial charge in [0, 0.05) is 30.4 Å². The lowest BCUT2D eigenvalue weighted by atomic mass is 10.0. The van der Waals surface area contributed by atoms with E-state index < -0.39 is 24.0 Å². The number of hydrogen-bond donors (Lipinski definition) is 2. The van der Waals surface area contributed by atoms with Crippen LogP contribution >= 0.6 is 0 Å². The molecular formula is C20H19F3N4O. The molecule has 3 aromatic rings. The smallest absolute Gasteiger partial charge is 0.391 e. The third-order valence-corrected chi connectivity index (χ3v) is 4.18. The minimum atomic E-state index is -4.62. The number of anilines is 1. The molecule has 5 nitrogen and oxygen atoms in total. The number of halogens is 3. The molecular weight excluding hydrogens is 369 g/mol. The van der Waals surface area contributed by atoms with Gasteiger partial charge in [0.1, 0.15) is 5.82 Å². The largest absolute Gasteiger partial charge is 0.433 e. The SMILES string of the molecule is CC(Nc1cc(C(F)(F)F)nc(-c2cccnc2)n1)C(O)Cc1ccccc1. The van der Waals surface area contributed by atoms with Crippen molar-refractivity contribution in [2.75, 3.05) is 5.32 Å². The van der Waals surface area contributed by atoms with Gasteiger partial charge >= 0.3 is 6.18 Å². The number of aromatic nitrogens is 3. The Bertz CT molecular complexity index is 904. The number of nitrogens with one attached hydrogen (secondary N) is 1. The molecule has 0 spiro atoms. The van der Waals surface area contributed by atoms with Crippen LogP contribution in [0.1, 0.15) is 18.2 Å². The average molecular weight is 388 g/mol. The van der Waals surface area contributed by atoms with Crippen molar-refractivity contribution in [3.8, 4) is 11.4 Å². The van der Waals surface area contributed by atoms with Gasteiger partial charge in [0.05, 0.1) is 12.1 Å². The fourth-order valence-electron chi connectivity index (χ4n) is 2.65. The normalized spacial score (nSPS) is 13.8. The van der Waals surface area contributed by atoms with Gasteiger partial charge in [0.15, 0.2) is 11.5 Å². The number of nitrogens with zero attached hydrogens (tertiary/aromatic N) is 3. The lowest BCUT2D eigenvalue weighted by Gasteiger charge is -2.21. The molecule has 0 bridgehead atoms. The highest BCUT2D eigenvalue weighted by Gasteiger charge is 2.34. The zero-order chi connectivity index (χ0) is 20.1. The molecule has 0 saturated carbocycles. The zero-order valence-electron chi connectivity index (χ0n) is 15.1. The predicted molar refractivity (Wildman–Crippen MR) is 99.5 cm³/mol. The van der Waals surface area contributed by atoms with Gasteiger partial charge in [-0.05, 0) is 24.6 Å². The molecule has 8 heteroatoms. The van der Waals surface area contributed by atoms with Crippen molar-refractivity contribution in [3.05, 3.63) is 72.2 Å². The highest BCUT2D eigenvalue weighted by molar-refractivity contribution is 5.56. The van der Waals surface area contributed by atoms with Crippen LogP contribution < -0.4 is 5.32 Å². The molecule has 2 atom stereocenters. The number of aliphatic hydroxyl groups is 1. The quantitative estimate of drug-likeness (QED) is 0.669. The Morgan fingerprint density at radius 3 is 2.46 bits per heavy atom. The number of hydrogen-bond acceptors (Lipinski definition) is 5. The molecule has 2 unspecified atom stereocenters. The Balaban J connectivity index is 1.84. The van der Waals surface area contributed by atoms with E-state index >= 15 is 0 Å². The van der Waals surface area contributed by atoms with E-state index in [1.165, 1.54) is 12.4 Å². The van der Waals surface area contributed by atoms with Gasteiger partial charge in [0.25, 0.3) is 0 Å². The molecule has 146 valence electrons. The van der Waals surface area contributed by atoms with Crippen LogP contribution in [0.3, 0.4) is 0 Å². The number of benzene rings is 1. The molecule has 0 aliphatic rings. The van der Waals surface area contributed by atoms with E-state index in [0.717, 1.165) is 11.6 Å².